The van der Waals surface area contributed by atoms with E-state index in [0.717, 1.165) is 11.5 Å². The third kappa shape index (κ3) is 5.08. The minimum atomic E-state index is -1.23. The number of hydrogen-bond donors (Lipinski definition) is 3. The molecule has 1 fully saturated rings. The first-order chi connectivity index (χ1) is 16.7. The predicted octanol–water partition coefficient (Wildman–Crippen LogP) is -0.696. The lowest BCUT2D eigenvalue weighted by molar-refractivity contribution is -0.150. The standard InChI is InChI=1S/C17H20N10O5S3/c1-6(2)32-22-8(11-20-16(18)35-23-11)12(28)19-9-13(29)27-10(15(30)31)7(4-33-14(9)27)5-34-17-21-24-25-26(17)3/h6,9,14H,4-5H2,1-3H3,(H,19,28)(H,30,31)(H2,18,20,23)/b22-8-/t9?,14-/m1/s1. The molecule has 2 atom stereocenters. The van der Waals surface area contributed by atoms with E-state index in [1.54, 1.807) is 20.9 Å². The van der Waals surface area contributed by atoms with Crippen LogP contribution in [0.25, 0.3) is 0 Å². The number of aliphatic carboxylic acids is 1. The molecule has 4 rings (SSSR count). The molecule has 4 heterocycles. The van der Waals surface area contributed by atoms with Crippen LogP contribution in [0.5, 0.6) is 0 Å². The summed E-state index contributed by atoms with van der Waals surface area (Å²) in [5.41, 5.74) is 5.84. The van der Waals surface area contributed by atoms with Crippen molar-refractivity contribution in [3.8, 4) is 0 Å². The van der Waals surface area contributed by atoms with Crippen LogP contribution in [-0.2, 0) is 26.3 Å². The third-order valence-electron chi connectivity index (χ3n) is 4.72. The Balaban J connectivity index is 1.50. The van der Waals surface area contributed by atoms with E-state index in [4.69, 9.17) is 10.6 Å². The fraction of sp³-hybridized carbons (Fsp3) is 0.471. The second-order valence-corrected chi connectivity index (χ2v) is 10.4. The van der Waals surface area contributed by atoms with Crippen LogP contribution in [0, 0.1) is 0 Å². The number of fused-ring (bicyclic) bond motifs is 1. The van der Waals surface area contributed by atoms with Gasteiger partial charge >= 0.3 is 5.97 Å². The number of carbonyl (C=O) groups excluding carboxylic acids is 2. The summed E-state index contributed by atoms with van der Waals surface area (Å²) in [5, 5.41) is 27.5. The number of rotatable bonds is 9. The molecule has 0 radical (unpaired) electrons. The molecule has 1 saturated heterocycles. The zero-order valence-electron chi connectivity index (χ0n) is 18.6. The lowest BCUT2D eigenvalue weighted by Crippen LogP contribution is -2.71. The smallest absolute Gasteiger partial charge is 0.352 e. The van der Waals surface area contributed by atoms with Crippen LogP contribution in [0.1, 0.15) is 19.7 Å². The molecule has 18 heteroatoms. The van der Waals surface area contributed by atoms with E-state index in [-0.39, 0.29) is 34.2 Å². The highest BCUT2D eigenvalue weighted by atomic mass is 32.2. The van der Waals surface area contributed by atoms with Crippen LogP contribution in [0.15, 0.2) is 21.6 Å². The summed E-state index contributed by atoms with van der Waals surface area (Å²) in [6, 6.07) is -0.959. The van der Waals surface area contributed by atoms with Crippen molar-refractivity contribution in [1.82, 2.24) is 39.8 Å². The van der Waals surface area contributed by atoms with Crippen molar-refractivity contribution in [3.05, 3.63) is 17.1 Å². The molecular weight excluding hydrogens is 520 g/mol. The van der Waals surface area contributed by atoms with Gasteiger partial charge in [0.2, 0.25) is 16.7 Å². The zero-order valence-corrected chi connectivity index (χ0v) is 21.1. The second kappa shape index (κ2) is 10.2. The number of aromatic nitrogens is 6. The number of oxime groups is 1. The molecule has 0 bridgehead atoms. The highest BCUT2D eigenvalue weighted by molar-refractivity contribution is 8.01. The molecular formula is C17H20N10O5S3. The van der Waals surface area contributed by atoms with Crippen LogP contribution in [-0.4, -0.2) is 92.1 Å². The van der Waals surface area contributed by atoms with Crippen molar-refractivity contribution in [2.24, 2.45) is 12.2 Å². The van der Waals surface area contributed by atoms with Gasteiger partial charge < -0.3 is 21.0 Å². The SMILES string of the molecule is CC(C)O/N=C(\C(=O)NC1C(=O)N2C(C(=O)O)=C(CSc3nnnn3C)CS[C@H]12)c1nsc(N)n1. The van der Waals surface area contributed by atoms with Crippen molar-refractivity contribution >= 4 is 63.7 Å². The first kappa shape index (κ1) is 24.9. The third-order valence-corrected chi connectivity index (χ3v) is 7.70. The minimum absolute atomic E-state index is 0.0331. The lowest BCUT2D eigenvalue weighted by atomic mass is 10.0. The first-order valence-electron chi connectivity index (χ1n) is 10.1. The number of anilines is 1. The molecule has 2 aromatic rings. The van der Waals surface area contributed by atoms with Gasteiger partial charge in [0.05, 0.1) is 0 Å². The number of carbonyl (C=O) groups is 3. The van der Waals surface area contributed by atoms with Crippen molar-refractivity contribution < 1.29 is 24.3 Å². The summed E-state index contributed by atoms with van der Waals surface area (Å²) < 4.78 is 5.46. The molecule has 186 valence electrons. The molecule has 0 aromatic carbocycles. The van der Waals surface area contributed by atoms with Gasteiger partial charge in [-0.25, -0.2) is 9.48 Å². The van der Waals surface area contributed by atoms with E-state index < -0.39 is 29.2 Å². The Bertz CT molecular complexity index is 1220. The summed E-state index contributed by atoms with van der Waals surface area (Å²) >= 11 is 3.49. The summed E-state index contributed by atoms with van der Waals surface area (Å²) in [6.45, 7) is 3.45. The summed E-state index contributed by atoms with van der Waals surface area (Å²) in [5.74, 6) is -1.91. The maximum Gasteiger partial charge on any atom is 0.352 e. The second-order valence-electron chi connectivity index (χ2n) is 7.54. The van der Waals surface area contributed by atoms with Gasteiger partial charge in [-0.05, 0) is 29.8 Å². The maximum absolute atomic E-state index is 13.0. The molecule has 2 aliphatic heterocycles. The molecule has 0 saturated carbocycles. The molecule has 0 aliphatic carbocycles. The van der Waals surface area contributed by atoms with Crippen molar-refractivity contribution in [2.45, 2.75) is 36.5 Å². The normalized spacial score (nSPS) is 20.1. The van der Waals surface area contributed by atoms with Crippen LogP contribution in [0.2, 0.25) is 0 Å². The summed E-state index contributed by atoms with van der Waals surface area (Å²) in [7, 11) is 1.67. The fourth-order valence-corrected chi connectivity index (χ4v) is 5.94. The Kier molecular flexibility index (Phi) is 7.22. The highest BCUT2D eigenvalue weighted by Crippen LogP contribution is 2.41. The van der Waals surface area contributed by atoms with Gasteiger partial charge in [0.25, 0.3) is 11.8 Å². The number of nitrogens with zero attached hydrogens (tertiary/aromatic N) is 8. The number of carboxylic acid groups (broad SMARTS) is 1. The molecule has 15 nitrogen and oxygen atoms in total. The Hall–Kier alpha value is -3.25. The predicted molar refractivity (Wildman–Crippen MR) is 126 cm³/mol. The largest absolute Gasteiger partial charge is 0.477 e. The topological polar surface area (TPSA) is 204 Å². The number of amides is 2. The van der Waals surface area contributed by atoms with Crippen LogP contribution >= 0.6 is 35.1 Å². The molecule has 1 unspecified atom stereocenters. The van der Waals surface area contributed by atoms with Gasteiger partial charge in [-0.15, -0.1) is 16.9 Å². The number of tetrazole rings is 1. The van der Waals surface area contributed by atoms with Crippen LogP contribution in [0.3, 0.4) is 0 Å². The van der Waals surface area contributed by atoms with E-state index in [0.29, 0.717) is 16.5 Å². The Morgan fingerprint density at radius 2 is 2.20 bits per heavy atom. The summed E-state index contributed by atoms with van der Waals surface area (Å²) in [4.78, 5) is 48.3. The number of hydrogen-bond acceptors (Lipinski definition) is 14. The molecule has 2 aliphatic rings. The van der Waals surface area contributed by atoms with E-state index in [9.17, 15) is 19.5 Å². The number of thioether (sulfide) groups is 2. The van der Waals surface area contributed by atoms with Crippen molar-refractivity contribution in [2.75, 3.05) is 17.2 Å². The van der Waals surface area contributed by atoms with Crippen LogP contribution in [0.4, 0.5) is 5.13 Å². The fourth-order valence-electron chi connectivity index (χ4n) is 3.17. The number of aryl methyl sites for hydroxylation is 1. The average Bonchev–Trinajstić information content (AvgIpc) is 3.42. The quantitative estimate of drug-likeness (QED) is 0.156. The molecule has 35 heavy (non-hydrogen) atoms. The van der Waals surface area contributed by atoms with Crippen molar-refractivity contribution in [1.29, 1.82) is 0 Å². The maximum atomic E-state index is 13.0. The Labute approximate surface area is 210 Å². The van der Waals surface area contributed by atoms with Gasteiger partial charge in [0.15, 0.2) is 5.13 Å². The lowest BCUT2D eigenvalue weighted by Gasteiger charge is -2.49. The number of carboxylic acids is 1. The molecule has 2 amide bonds. The summed E-state index contributed by atoms with van der Waals surface area (Å²) in [6.07, 6.45) is -0.319. The Morgan fingerprint density at radius 1 is 1.43 bits per heavy atom. The van der Waals surface area contributed by atoms with E-state index in [1.807, 2.05) is 0 Å². The minimum Gasteiger partial charge on any atom is -0.477 e. The molecule has 2 aromatic heterocycles. The Morgan fingerprint density at radius 3 is 2.80 bits per heavy atom. The van der Waals surface area contributed by atoms with E-state index in [1.165, 1.54) is 33.1 Å². The monoisotopic (exact) mass is 540 g/mol. The van der Waals surface area contributed by atoms with Gasteiger partial charge in [0.1, 0.15) is 23.2 Å². The van der Waals surface area contributed by atoms with Gasteiger partial charge in [-0.2, -0.15) is 9.36 Å². The number of nitrogen functional groups attached to an aromatic ring is 1. The first-order valence-corrected chi connectivity index (χ1v) is 12.9. The van der Waals surface area contributed by atoms with Gasteiger partial charge in [0, 0.05) is 30.1 Å². The zero-order chi connectivity index (χ0) is 25.3. The number of nitrogens with two attached hydrogens (primary N) is 1. The van der Waals surface area contributed by atoms with Crippen molar-refractivity contribution in [3.63, 3.8) is 0 Å². The van der Waals surface area contributed by atoms with E-state index in [2.05, 4.69) is 35.4 Å². The average molecular weight is 541 g/mol. The van der Waals surface area contributed by atoms with E-state index >= 15 is 0 Å². The molecule has 4 N–H and O–H groups in total. The van der Waals surface area contributed by atoms with Gasteiger partial charge in [-0.3, -0.25) is 14.5 Å². The number of β-lactam (4-membered cyclic amide) rings is 1. The molecule has 0 spiro atoms. The van der Waals surface area contributed by atoms with Crippen LogP contribution < -0.4 is 11.1 Å². The van der Waals surface area contributed by atoms with Gasteiger partial charge in [-0.1, -0.05) is 16.9 Å². The number of nitrogens with one attached hydrogen (secondary N) is 1. The highest BCUT2D eigenvalue weighted by Gasteiger charge is 2.54.